The maximum absolute atomic E-state index is 13.1. The van der Waals surface area contributed by atoms with Gasteiger partial charge in [-0.3, -0.25) is 19.2 Å². The molecule has 9 nitrogen and oxygen atoms in total. The number of hydrogen-bond donors (Lipinski definition) is 4. The van der Waals surface area contributed by atoms with Crippen LogP contribution < -0.4 is 16.4 Å². The normalized spacial score (nSPS) is 29.8. The average molecular weight is 452 g/mol. The third-order valence-corrected chi connectivity index (χ3v) is 5.70. The number of carbonyl (C=O) groups is 4. The quantitative estimate of drug-likeness (QED) is 0.291. The topological polar surface area (TPSA) is 145 Å². The van der Waals surface area contributed by atoms with Crippen LogP contribution in [0.25, 0.3) is 0 Å². The van der Waals surface area contributed by atoms with Gasteiger partial charge in [0.2, 0.25) is 18.2 Å². The minimum absolute atomic E-state index is 0.00630. The van der Waals surface area contributed by atoms with E-state index < -0.39 is 17.2 Å². The zero-order valence-electron chi connectivity index (χ0n) is 18.3. The Kier molecular flexibility index (Phi) is 11.1. The van der Waals surface area contributed by atoms with Crippen LogP contribution in [0.15, 0.2) is 12.2 Å². The summed E-state index contributed by atoms with van der Waals surface area (Å²) in [6.07, 6.45) is 6.83. The predicted molar refractivity (Wildman–Crippen MR) is 120 cm³/mol. The second-order valence-corrected chi connectivity index (χ2v) is 8.74. The second kappa shape index (κ2) is 13.0. The molecule has 2 rings (SSSR count). The van der Waals surface area contributed by atoms with Gasteiger partial charge in [0, 0.05) is 25.0 Å². The predicted octanol–water partition coefficient (Wildman–Crippen LogP) is 1.35. The third kappa shape index (κ3) is 8.25. The Balaban J connectivity index is 0.00000151. The van der Waals surface area contributed by atoms with Crippen LogP contribution in [0, 0.1) is 29.1 Å². The molecule has 172 valence electrons. The summed E-state index contributed by atoms with van der Waals surface area (Å²) in [6.45, 7) is 4.09. The first-order valence-corrected chi connectivity index (χ1v) is 10.9. The van der Waals surface area contributed by atoms with Gasteiger partial charge in [-0.1, -0.05) is 38.6 Å². The highest BCUT2D eigenvalue weighted by atomic mass is 32.1. The monoisotopic (exact) mass is 451 g/mol. The van der Waals surface area contributed by atoms with Gasteiger partial charge in [-0.05, 0) is 38.0 Å². The van der Waals surface area contributed by atoms with Crippen LogP contribution in [0.5, 0.6) is 0 Å². The van der Waals surface area contributed by atoms with Crippen LogP contribution in [0.3, 0.4) is 0 Å². The molecule has 31 heavy (non-hydrogen) atoms. The molecule has 4 N–H and O–H groups in total. The highest BCUT2D eigenvalue weighted by molar-refractivity contribution is 7.96. The lowest BCUT2D eigenvalue weighted by molar-refractivity contribution is -0.135. The average Bonchev–Trinajstić information content (AvgIpc) is 3.04. The summed E-state index contributed by atoms with van der Waals surface area (Å²) in [5.41, 5.74) is 4.17. The van der Waals surface area contributed by atoms with Crippen molar-refractivity contribution in [2.75, 3.05) is 7.05 Å². The minimum atomic E-state index is -0.729. The molecule has 5 unspecified atom stereocenters. The molecule has 4 amide bonds. The summed E-state index contributed by atoms with van der Waals surface area (Å²) < 4.78 is 0. The van der Waals surface area contributed by atoms with Crippen molar-refractivity contribution in [3.8, 4) is 6.07 Å². The Morgan fingerprint density at radius 2 is 2.00 bits per heavy atom. The van der Waals surface area contributed by atoms with Crippen LogP contribution in [-0.4, -0.2) is 53.5 Å². The number of nitrogens with zero attached hydrogens (tertiary/aromatic N) is 2. The molecular formula is C21H33N5O4S. The number of primary amides is 1. The molecular weight excluding hydrogens is 418 g/mol. The smallest absolute Gasteiger partial charge is 0.276 e. The molecule has 2 heterocycles. The van der Waals surface area contributed by atoms with Crippen molar-refractivity contribution in [2.45, 2.75) is 64.1 Å². The molecule has 0 aliphatic carbocycles. The summed E-state index contributed by atoms with van der Waals surface area (Å²) in [6, 6.07) is 1.34. The Labute approximate surface area is 189 Å². The highest BCUT2D eigenvalue weighted by Crippen LogP contribution is 2.30. The number of hydrogen-bond acceptors (Lipinski definition) is 5. The van der Waals surface area contributed by atoms with Gasteiger partial charge in [0.1, 0.15) is 6.04 Å². The molecule has 0 radical (unpaired) electrons. The van der Waals surface area contributed by atoms with Crippen LogP contribution >= 0.6 is 12.6 Å². The molecule has 2 bridgehead atoms. The van der Waals surface area contributed by atoms with E-state index in [0.717, 1.165) is 0 Å². The summed E-state index contributed by atoms with van der Waals surface area (Å²) in [5.74, 6) is -0.642. The van der Waals surface area contributed by atoms with Crippen molar-refractivity contribution in [1.82, 2.24) is 15.5 Å². The highest BCUT2D eigenvalue weighted by Gasteiger charge is 2.38. The van der Waals surface area contributed by atoms with Crippen molar-refractivity contribution >= 4 is 36.1 Å². The zero-order chi connectivity index (χ0) is 23.6. The molecule has 1 saturated heterocycles. The molecule has 0 aromatic carbocycles. The summed E-state index contributed by atoms with van der Waals surface area (Å²) in [4.78, 5) is 47.1. The van der Waals surface area contributed by atoms with Gasteiger partial charge in [-0.2, -0.15) is 5.26 Å². The lowest BCUT2D eigenvalue weighted by Crippen LogP contribution is -2.51. The zero-order valence-corrected chi connectivity index (χ0v) is 19.2. The molecule has 5 atom stereocenters. The van der Waals surface area contributed by atoms with Gasteiger partial charge >= 0.3 is 0 Å². The Hall–Kier alpha value is -2.54. The fourth-order valence-corrected chi connectivity index (χ4v) is 4.29. The van der Waals surface area contributed by atoms with E-state index in [4.69, 9.17) is 4.79 Å². The van der Waals surface area contributed by atoms with Gasteiger partial charge in [0.15, 0.2) is 0 Å². The molecule has 10 heteroatoms. The van der Waals surface area contributed by atoms with Crippen molar-refractivity contribution in [3.63, 3.8) is 0 Å². The number of nitriles is 1. The van der Waals surface area contributed by atoms with Crippen molar-refractivity contribution < 1.29 is 19.2 Å². The van der Waals surface area contributed by atoms with Gasteiger partial charge in [0.25, 0.3) is 5.24 Å². The van der Waals surface area contributed by atoms with Gasteiger partial charge < -0.3 is 21.3 Å². The van der Waals surface area contributed by atoms with Crippen LogP contribution in [0.4, 0.5) is 4.79 Å². The second-order valence-electron chi connectivity index (χ2n) is 8.34. The van der Waals surface area contributed by atoms with E-state index in [1.165, 1.54) is 0 Å². The Morgan fingerprint density at radius 3 is 2.55 bits per heavy atom. The van der Waals surface area contributed by atoms with E-state index in [9.17, 15) is 19.6 Å². The Bertz CT molecular complexity index is 721. The molecule has 0 aromatic heterocycles. The number of thiol groups is 1. The van der Waals surface area contributed by atoms with Gasteiger partial charge in [-0.25, -0.2) is 0 Å². The maximum atomic E-state index is 13.1. The number of amides is 4. The fraction of sp³-hybridized carbons (Fsp3) is 0.667. The van der Waals surface area contributed by atoms with E-state index in [1.54, 1.807) is 11.9 Å². The van der Waals surface area contributed by atoms with E-state index in [0.29, 0.717) is 32.1 Å². The van der Waals surface area contributed by atoms with E-state index >= 15 is 0 Å². The number of nitrogens with one attached hydrogen (secondary N) is 2. The number of likely N-dealkylation sites (N-methyl/N-ethyl adjacent to an activating group) is 1. The molecule has 2 aliphatic heterocycles. The lowest BCUT2D eigenvalue weighted by Gasteiger charge is -2.35. The number of nitrogens with two attached hydrogens (primary N) is 1. The van der Waals surface area contributed by atoms with Crippen molar-refractivity contribution in [1.29, 1.82) is 5.26 Å². The molecule has 2 aliphatic rings. The Morgan fingerprint density at radius 1 is 1.39 bits per heavy atom. The SMILES string of the molecule is CC(C)CC1C(C#N)CC2CC(C/C=C/CC(NC(=O)S)C(=O)N1C)NC2=O.NC=O. The summed E-state index contributed by atoms with van der Waals surface area (Å²) in [7, 11) is 1.68. The van der Waals surface area contributed by atoms with E-state index in [1.807, 2.05) is 26.0 Å². The number of fused-ring (bicyclic) bond motifs is 2. The molecule has 0 saturated carbocycles. The van der Waals surface area contributed by atoms with Crippen LogP contribution in [0.1, 0.15) is 46.0 Å². The first-order chi connectivity index (χ1) is 14.6. The van der Waals surface area contributed by atoms with E-state index in [2.05, 4.69) is 35.1 Å². The number of carbonyl (C=O) groups excluding carboxylic acids is 4. The molecule has 0 aromatic rings. The maximum Gasteiger partial charge on any atom is 0.276 e. The molecule has 0 spiro atoms. The lowest BCUT2D eigenvalue weighted by atomic mass is 9.83. The van der Waals surface area contributed by atoms with E-state index in [-0.39, 0.29) is 42.1 Å². The first-order valence-electron chi connectivity index (χ1n) is 10.4. The summed E-state index contributed by atoms with van der Waals surface area (Å²) in [5, 5.41) is 14.9. The van der Waals surface area contributed by atoms with Crippen molar-refractivity contribution in [2.24, 2.45) is 23.5 Å². The summed E-state index contributed by atoms with van der Waals surface area (Å²) >= 11 is 3.76. The standard InChI is InChI=1S/C20H30N4O3S.CH3NO/c1-12(2)8-17-14(11-21)9-13-10-15(22-18(13)25)6-4-5-7-16(23-20(27)28)19(26)24(17)3;2-1-3/h4-5,12-17H,6-10H2,1-3H3,(H,22,25)(H2,23,27,28);1H,(H2,2,3)/b5-4+;. The van der Waals surface area contributed by atoms with Crippen LogP contribution in [-0.2, 0) is 14.4 Å². The number of rotatable bonds is 3. The first kappa shape index (κ1) is 26.5. The van der Waals surface area contributed by atoms with Crippen LogP contribution in [0.2, 0.25) is 0 Å². The van der Waals surface area contributed by atoms with Crippen molar-refractivity contribution in [3.05, 3.63) is 12.2 Å². The molecule has 1 fully saturated rings. The minimum Gasteiger partial charge on any atom is -0.372 e. The van der Waals surface area contributed by atoms with Gasteiger partial charge in [0.05, 0.1) is 12.0 Å². The van der Waals surface area contributed by atoms with Gasteiger partial charge in [-0.15, -0.1) is 0 Å². The third-order valence-electron chi connectivity index (χ3n) is 5.57. The largest absolute Gasteiger partial charge is 0.372 e. The fourth-order valence-electron chi connectivity index (χ4n) is 4.14.